The number of carbonyl (C=O) groups is 1. The second kappa shape index (κ2) is 8.20. The van der Waals surface area contributed by atoms with Gasteiger partial charge in [-0.05, 0) is 24.1 Å². The third-order valence-electron chi connectivity index (χ3n) is 2.60. The molecule has 0 spiro atoms. The zero-order valence-electron chi connectivity index (χ0n) is 10.8. The van der Waals surface area contributed by atoms with Gasteiger partial charge in [0.2, 0.25) is 0 Å². The van der Waals surface area contributed by atoms with Crippen LogP contribution in [0.2, 0.25) is 0 Å². The second-order valence-electron chi connectivity index (χ2n) is 4.05. The first-order chi connectivity index (χ1) is 8.65. The van der Waals surface area contributed by atoms with Crippen LogP contribution >= 0.6 is 11.3 Å². The zero-order valence-corrected chi connectivity index (χ0v) is 11.6. The molecule has 0 bridgehead atoms. The number of hydrogen-bond acceptors (Lipinski definition) is 5. The first-order valence-corrected chi connectivity index (χ1v) is 6.71. The predicted molar refractivity (Wildman–Crippen MR) is 72.4 cm³/mol. The molecule has 0 saturated heterocycles. The van der Waals surface area contributed by atoms with E-state index < -0.39 is 5.97 Å². The van der Waals surface area contributed by atoms with Gasteiger partial charge in [0.15, 0.2) is 0 Å². The molecule has 2 N–H and O–H groups in total. The van der Waals surface area contributed by atoms with Crippen LogP contribution in [0, 0.1) is 0 Å². The monoisotopic (exact) mass is 272 g/mol. The van der Waals surface area contributed by atoms with Gasteiger partial charge in [0.05, 0.1) is 6.61 Å². The summed E-state index contributed by atoms with van der Waals surface area (Å²) in [5.74, 6) is -0.848. The Kier molecular flexibility index (Phi) is 6.89. The van der Waals surface area contributed by atoms with Crippen molar-refractivity contribution in [2.24, 2.45) is 0 Å². The van der Waals surface area contributed by atoms with Gasteiger partial charge in [0.25, 0.3) is 0 Å². The topological polar surface area (TPSA) is 61.8 Å². The van der Waals surface area contributed by atoms with Gasteiger partial charge >= 0.3 is 5.97 Å². The summed E-state index contributed by atoms with van der Waals surface area (Å²) in [6.07, 6.45) is 0. The molecule has 102 valence electrons. The maximum atomic E-state index is 10.9. The quantitative estimate of drug-likeness (QED) is 0.660. The highest BCUT2D eigenvalue weighted by Gasteiger charge is 2.10. The Labute approximate surface area is 111 Å². The van der Waals surface area contributed by atoms with E-state index in [-0.39, 0.29) is 0 Å². The molecule has 0 saturated carbocycles. The van der Waals surface area contributed by atoms with E-state index in [0.717, 1.165) is 31.8 Å². The van der Waals surface area contributed by atoms with E-state index in [1.165, 1.54) is 11.3 Å². The van der Waals surface area contributed by atoms with Crippen molar-refractivity contribution in [3.8, 4) is 0 Å². The van der Waals surface area contributed by atoms with Crippen LogP contribution in [0.25, 0.3) is 0 Å². The van der Waals surface area contributed by atoms with Crippen molar-refractivity contribution in [2.45, 2.75) is 6.54 Å². The van der Waals surface area contributed by atoms with Gasteiger partial charge in [-0.2, -0.15) is 0 Å². The number of carboxylic acids is 1. The van der Waals surface area contributed by atoms with Crippen molar-refractivity contribution >= 4 is 17.3 Å². The minimum Gasteiger partial charge on any atom is -0.477 e. The number of hydrogen-bond donors (Lipinski definition) is 2. The van der Waals surface area contributed by atoms with Crippen molar-refractivity contribution in [1.82, 2.24) is 10.2 Å². The Hall–Kier alpha value is -0.950. The van der Waals surface area contributed by atoms with Crippen LogP contribution in [-0.2, 0) is 11.3 Å². The highest BCUT2D eigenvalue weighted by Crippen LogP contribution is 2.16. The van der Waals surface area contributed by atoms with Crippen LogP contribution in [0.5, 0.6) is 0 Å². The number of nitrogens with one attached hydrogen (secondary N) is 1. The van der Waals surface area contributed by atoms with E-state index in [4.69, 9.17) is 9.84 Å². The standard InChI is InChI=1S/C12H20N2O3S/c1-14(6-7-17-2)5-4-13-9-10-3-8-18-11(10)12(15)16/h3,8,13H,4-7,9H2,1-2H3,(H,15,16). The first kappa shape index (κ1) is 15.1. The molecule has 0 aliphatic heterocycles. The maximum absolute atomic E-state index is 10.9. The first-order valence-electron chi connectivity index (χ1n) is 5.83. The van der Waals surface area contributed by atoms with E-state index in [1.54, 1.807) is 7.11 Å². The summed E-state index contributed by atoms with van der Waals surface area (Å²) in [6.45, 7) is 3.97. The molecule has 0 radical (unpaired) electrons. The fourth-order valence-corrected chi connectivity index (χ4v) is 2.28. The summed E-state index contributed by atoms with van der Waals surface area (Å²) in [6, 6.07) is 1.86. The molecule has 0 aliphatic rings. The molecule has 0 atom stereocenters. The number of methoxy groups -OCH3 is 1. The lowest BCUT2D eigenvalue weighted by atomic mass is 10.2. The van der Waals surface area contributed by atoms with Crippen molar-refractivity contribution < 1.29 is 14.6 Å². The largest absolute Gasteiger partial charge is 0.477 e. The molecule has 1 rings (SSSR count). The van der Waals surface area contributed by atoms with Gasteiger partial charge < -0.3 is 20.1 Å². The van der Waals surface area contributed by atoms with Crippen molar-refractivity contribution in [2.75, 3.05) is 40.4 Å². The number of nitrogens with zero attached hydrogens (tertiary/aromatic N) is 1. The molecule has 0 amide bonds. The van der Waals surface area contributed by atoms with Gasteiger partial charge in [-0.25, -0.2) is 4.79 Å². The Morgan fingerprint density at radius 1 is 1.56 bits per heavy atom. The van der Waals surface area contributed by atoms with Crippen LogP contribution < -0.4 is 5.32 Å². The molecule has 1 aromatic heterocycles. The molecule has 0 unspecified atom stereocenters. The highest BCUT2D eigenvalue weighted by molar-refractivity contribution is 7.12. The van der Waals surface area contributed by atoms with E-state index in [2.05, 4.69) is 10.2 Å². The second-order valence-corrected chi connectivity index (χ2v) is 4.97. The van der Waals surface area contributed by atoms with Crippen molar-refractivity contribution in [1.29, 1.82) is 0 Å². The van der Waals surface area contributed by atoms with Crippen LogP contribution in [0.1, 0.15) is 15.2 Å². The Morgan fingerprint density at radius 2 is 2.33 bits per heavy atom. The summed E-state index contributed by atoms with van der Waals surface area (Å²) in [7, 11) is 3.73. The van der Waals surface area contributed by atoms with Gasteiger partial charge in [-0.3, -0.25) is 0 Å². The molecular formula is C12H20N2O3S. The normalized spacial score (nSPS) is 11.1. The molecule has 5 nitrogen and oxygen atoms in total. The van der Waals surface area contributed by atoms with E-state index in [1.807, 2.05) is 18.5 Å². The lowest BCUT2D eigenvalue weighted by molar-refractivity contribution is 0.0701. The fraction of sp³-hybridized carbons (Fsp3) is 0.583. The van der Waals surface area contributed by atoms with Crippen LogP contribution in [0.15, 0.2) is 11.4 Å². The summed E-state index contributed by atoms with van der Waals surface area (Å²) < 4.78 is 4.99. The molecule has 0 fully saturated rings. The lowest BCUT2D eigenvalue weighted by Gasteiger charge is -2.16. The minimum absolute atomic E-state index is 0.426. The summed E-state index contributed by atoms with van der Waals surface area (Å²) >= 11 is 1.27. The summed E-state index contributed by atoms with van der Waals surface area (Å²) in [5.41, 5.74) is 0.854. The highest BCUT2D eigenvalue weighted by atomic mass is 32.1. The SMILES string of the molecule is COCCN(C)CCNCc1ccsc1C(=O)O. The summed E-state index contributed by atoms with van der Waals surface area (Å²) in [5, 5.41) is 14.0. The molecule has 1 aromatic rings. The van der Waals surface area contributed by atoms with Gasteiger partial charge in [0.1, 0.15) is 4.88 Å². The number of thiophene rings is 1. The number of aromatic carboxylic acids is 1. The smallest absolute Gasteiger partial charge is 0.346 e. The Bertz CT molecular complexity index is 368. The average molecular weight is 272 g/mol. The van der Waals surface area contributed by atoms with E-state index >= 15 is 0 Å². The van der Waals surface area contributed by atoms with Gasteiger partial charge in [0, 0.05) is 33.3 Å². The third kappa shape index (κ3) is 5.14. The predicted octanol–water partition coefficient (Wildman–Crippen LogP) is 1.11. The lowest BCUT2D eigenvalue weighted by Crippen LogP contribution is -2.31. The third-order valence-corrected chi connectivity index (χ3v) is 3.55. The Balaban J connectivity index is 2.21. The van der Waals surface area contributed by atoms with Crippen molar-refractivity contribution in [3.05, 3.63) is 21.9 Å². The minimum atomic E-state index is -0.848. The van der Waals surface area contributed by atoms with Crippen LogP contribution in [0.3, 0.4) is 0 Å². The van der Waals surface area contributed by atoms with Gasteiger partial charge in [-0.15, -0.1) is 11.3 Å². The number of rotatable bonds is 9. The van der Waals surface area contributed by atoms with E-state index in [9.17, 15) is 4.79 Å². The average Bonchev–Trinajstić information content (AvgIpc) is 2.80. The molecular weight excluding hydrogens is 252 g/mol. The maximum Gasteiger partial charge on any atom is 0.346 e. The summed E-state index contributed by atoms with van der Waals surface area (Å²) in [4.78, 5) is 13.5. The van der Waals surface area contributed by atoms with Crippen LogP contribution in [-0.4, -0.2) is 56.4 Å². The van der Waals surface area contributed by atoms with Crippen molar-refractivity contribution in [3.63, 3.8) is 0 Å². The zero-order chi connectivity index (χ0) is 13.4. The Morgan fingerprint density at radius 3 is 3.00 bits per heavy atom. The number of likely N-dealkylation sites (N-methyl/N-ethyl adjacent to an activating group) is 1. The van der Waals surface area contributed by atoms with Crippen LogP contribution in [0.4, 0.5) is 0 Å². The molecule has 18 heavy (non-hydrogen) atoms. The molecule has 1 heterocycles. The fourth-order valence-electron chi connectivity index (χ4n) is 1.51. The molecule has 0 aliphatic carbocycles. The number of ether oxygens (including phenoxy) is 1. The van der Waals surface area contributed by atoms with Gasteiger partial charge in [-0.1, -0.05) is 0 Å². The van der Waals surface area contributed by atoms with E-state index in [0.29, 0.717) is 11.4 Å². The number of carboxylic acid groups (broad SMARTS) is 1. The molecule has 6 heteroatoms. The molecule has 0 aromatic carbocycles.